The Balaban J connectivity index is 2.20. The summed E-state index contributed by atoms with van der Waals surface area (Å²) in [5.41, 5.74) is 7.31. The van der Waals surface area contributed by atoms with E-state index in [1.807, 2.05) is 12.3 Å². The maximum atomic E-state index is 11.7. The Morgan fingerprint density at radius 1 is 1.47 bits per heavy atom. The summed E-state index contributed by atoms with van der Waals surface area (Å²) in [5, 5.41) is 2.79. The zero-order chi connectivity index (χ0) is 13.8. The van der Waals surface area contributed by atoms with E-state index in [0.29, 0.717) is 18.0 Å². The van der Waals surface area contributed by atoms with Gasteiger partial charge in [0.1, 0.15) is 22.9 Å². The number of hydrogen-bond acceptors (Lipinski definition) is 6. The number of nitrogens with zero attached hydrogens (tertiary/aromatic N) is 1. The number of aromatic nitrogens is 1. The minimum absolute atomic E-state index is 0.248. The third kappa shape index (κ3) is 3.03. The maximum Gasteiger partial charge on any atom is 0.343 e. The molecule has 0 atom stereocenters. The molecule has 0 bridgehead atoms. The number of carbonyl (C=O) groups is 1. The van der Waals surface area contributed by atoms with Gasteiger partial charge in [0.05, 0.1) is 7.11 Å². The van der Waals surface area contributed by atoms with Crippen LogP contribution < -0.4 is 10.5 Å². The van der Waals surface area contributed by atoms with Crippen LogP contribution in [-0.2, 0) is 11.3 Å². The van der Waals surface area contributed by atoms with E-state index >= 15 is 0 Å². The quantitative estimate of drug-likeness (QED) is 0.686. The molecule has 0 fully saturated rings. The van der Waals surface area contributed by atoms with Crippen molar-refractivity contribution in [1.82, 2.24) is 4.98 Å². The Bertz CT molecular complexity index is 595. The molecule has 2 rings (SSSR count). The van der Waals surface area contributed by atoms with Gasteiger partial charge >= 0.3 is 5.97 Å². The molecule has 1 aromatic heterocycles. The summed E-state index contributed by atoms with van der Waals surface area (Å²) in [4.78, 5) is 16.0. The highest BCUT2D eigenvalue weighted by molar-refractivity contribution is 7.09. The van der Waals surface area contributed by atoms with Crippen LogP contribution in [-0.4, -0.2) is 18.1 Å². The highest BCUT2D eigenvalue weighted by Gasteiger charge is 2.17. The van der Waals surface area contributed by atoms with Crippen molar-refractivity contribution in [3.05, 3.63) is 39.8 Å². The Kier molecular flexibility index (Phi) is 4.01. The smallest absolute Gasteiger partial charge is 0.343 e. The fraction of sp³-hybridized carbons (Fsp3) is 0.231. The molecule has 0 unspecified atom stereocenters. The van der Waals surface area contributed by atoms with Crippen molar-refractivity contribution in [2.75, 3.05) is 12.8 Å². The van der Waals surface area contributed by atoms with Crippen molar-refractivity contribution in [2.45, 2.75) is 13.5 Å². The molecule has 0 saturated carbocycles. The van der Waals surface area contributed by atoms with Gasteiger partial charge in [-0.25, -0.2) is 9.78 Å². The second-order valence-corrected chi connectivity index (χ2v) is 4.83. The molecule has 0 radical (unpaired) electrons. The van der Waals surface area contributed by atoms with E-state index in [4.69, 9.17) is 15.2 Å². The van der Waals surface area contributed by atoms with Crippen LogP contribution in [0.5, 0.6) is 5.75 Å². The molecule has 0 amide bonds. The topological polar surface area (TPSA) is 74.4 Å². The molecule has 2 aromatic rings. The zero-order valence-electron chi connectivity index (χ0n) is 10.7. The molecule has 0 aliphatic carbocycles. The number of aryl methyl sites for hydroxylation is 1. The first-order chi connectivity index (χ1) is 9.11. The zero-order valence-corrected chi connectivity index (χ0v) is 11.5. The Morgan fingerprint density at radius 2 is 2.26 bits per heavy atom. The summed E-state index contributed by atoms with van der Waals surface area (Å²) in [5.74, 6) is -0.108. The van der Waals surface area contributed by atoms with Crippen molar-refractivity contribution in [1.29, 1.82) is 0 Å². The van der Waals surface area contributed by atoms with Gasteiger partial charge in [-0.1, -0.05) is 6.07 Å². The average molecular weight is 278 g/mol. The fourth-order valence-electron chi connectivity index (χ4n) is 1.60. The monoisotopic (exact) mass is 278 g/mol. The van der Waals surface area contributed by atoms with Crippen LogP contribution in [0.15, 0.2) is 23.6 Å². The fourth-order valence-corrected chi connectivity index (χ4v) is 2.28. The summed E-state index contributed by atoms with van der Waals surface area (Å²) in [7, 11) is 1.31. The Morgan fingerprint density at radius 3 is 2.89 bits per heavy atom. The van der Waals surface area contributed by atoms with Gasteiger partial charge in [-0.2, -0.15) is 0 Å². The number of esters is 1. The number of methoxy groups -OCH3 is 1. The van der Waals surface area contributed by atoms with E-state index in [0.717, 1.165) is 10.7 Å². The molecule has 0 aliphatic rings. The largest absolute Gasteiger partial charge is 0.485 e. The highest BCUT2D eigenvalue weighted by Crippen LogP contribution is 2.26. The highest BCUT2D eigenvalue weighted by atomic mass is 32.1. The van der Waals surface area contributed by atoms with Crippen LogP contribution in [0.25, 0.3) is 0 Å². The summed E-state index contributed by atoms with van der Waals surface area (Å²) >= 11 is 1.51. The predicted molar refractivity (Wildman–Crippen MR) is 73.4 cm³/mol. The number of nitrogens with two attached hydrogens (primary N) is 1. The van der Waals surface area contributed by atoms with Crippen molar-refractivity contribution < 1.29 is 14.3 Å². The Labute approximate surface area is 115 Å². The number of hydrogen-bond donors (Lipinski definition) is 1. The van der Waals surface area contributed by atoms with E-state index in [9.17, 15) is 4.79 Å². The van der Waals surface area contributed by atoms with Gasteiger partial charge in [-0.3, -0.25) is 0 Å². The number of benzene rings is 1. The number of rotatable bonds is 4. The molecule has 100 valence electrons. The number of anilines is 1. The molecule has 0 spiro atoms. The third-order valence-corrected chi connectivity index (χ3v) is 3.41. The van der Waals surface area contributed by atoms with E-state index in [1.54, 1.807) is 18.2 Å². The minimum atomic E-state index is -0.511. The molecule has 19 heavy (non-hydrogen) atoms. The average Bonchev–Trinajstić information content (AvgIpc) is 2.81. The predicted octanol–water partition coefficient (Wildman–Crippen LogP) is 2.40. The van der Waals surface area contributed by atoms with Crippen molar-refractivity contribution in [2.24, 2.45) is 0 Å². The lowest BCUT2D eigenvalue weighted by atomic mass is 10.1. The third-order valence-electron chi connectivity index (χ3n) is 2.47. The second kappa shape index (κ2) is 5.71. The van der Waals surface area contributed by atoms with Gasteiger partial charge in [0, 0.05) is 16.8 Å². The van der Waals surface area contributed by atoms with Gasteiger partial charge in [0.15, 0.2) is 0 Å². The number of ether oxygens (including phenoxy) is 2. The van der Waals surface area contributed by atoms with Crippen LogP contribution >= 0.6 is 11.3 Å². The summed E-state index contributed by atoms with van der Waals surface area (Å²) < 4.78 is 10.3. The van der Waals surface area contributed by atoms with E-state index in [-0.39, 0.29) is 5.56 Å². The van der Waals surface area contributed by atoms with Crippen molar-refractivity contribution in [3.63, 3.8) is 0 Å². The van der Waals surface area contributed by atoms with Gasteiger partial charge in [-0.15, -0.1) is 11.3 Å². The molecule has 0 saturated heterocycles. The molecule has 0 aliphatic heterocycles. The van der Waals surface area contributed by atoms with Crippen LogP contribution in [0.1, 0.15) is 21.1 Å². The van der Waals surface area contributed by atoms with Crippen molar-refractivity contribution >= 4 is 23.0 Å². The lowest BCUT2D eigenvalue weighted by Crippen LogP contribution is -2.09. The molecule has 1 heterocycles. The molecule has 5 nitrogen and oxygen atoms in total. The lowest BCUT2D eigenvalue weighted by molar-refractivity contribution is 0.0597. The van der Waals surface area contributed by atoms with Crippen LogP contribution in [0.3, 0.4) is 0 Å². The normalized spacial score (nSPS) is 10.2. The first-order valence-corrected chi connectivity index (χ1v) is 6.50. The molecule has 6 heteroatoms. The molecule has 2 N–H and O–H groups in total. The Hall–Kier alpha value is -2.08. The van der Waals surface area contributed by atoms with Gasteiger partial charge in [0.2, 0.25) is 0 Å². The number of thiazole rings is 1. The van der Waals surface area contributed by atoms with Gasteiger partial charge in [0.25, 0.3) is 0 Å². The molecular formula is C13H14N2O3S. The minimum Gasteiger partial charge on any atom is -0.485 e. The number of carbonyl (C=O) groups excluding carboxylic acids is 1. The summed E-state index contributed by atoms with van der Waals surface area (Å²) in [6, 6.07) is 5.04. The van der Waals surface area contributed by atoms with Crippen LogP contribution in [0.4, 0.5) is 5.69 Å². The van der Waals surface area contributed by atoms with Gasteiger partial charge in [-0.05, 0) is 19.1 Å². The second-order valence-electron chi connectivity index (χ2n) is 3.88. The summed E-state index contributed by atoms with van der Waals surface area (Å²) in [6.07, 6.45) is 0. The summed E-state index contributed by atoms with van der Waals surface area (Å²) in [6.45, 7) is 2.21. The van der Waals surface area contributed by atoms with Gasteiger partial charge < -0.3 is 15.2 Å². The number of nitrogen functional groups attached to an aromatic ring is 1. The van der Waals surface area contributed by atoms with Crippen LogP contribution in [0.2, 0.25) is 0 Å². The van der Waals surface area contributed by atoms with E-state index < -0.39 is 5.97 Å². The van der Waals surface area contributed by atoms with Crippen molar-refractivity contribution in [3.8, 4) is 5.75 Å². The van der Waals surface area contributed by atoms with Crippen LogP contribution in [0, 0.1) is 6.92 Å². The first kappa shape index (κ1) is 13.4. The molecule has 1 aromatic carbocycles. The van der Waals surface area contributed by atoms with E-state index in [1.165, 1.54) is 18.4 Å². The SMILES string of the molecule is COC(=O)c1c(N)cccc1OCc1nc(C)cs1. The first-order valence-electron chi connectivity index (χ1n) is 5.62. The standard InChI is InChI=1S/C13H14N2O3S/c1-8-7-19-11(15-8)6-18-10-5-3-4-9(14)12(10)13(16)17-2/h3-5,7H,6,14H2,1-2H3. The van der Waals surface area contributed by atoms with E-state index in [2.05, 4.69) is 4.98 Å². The molecular weight excluding hydrogens is 264 g/mol. The maximum absolute atomic E-state index is 11.7. The lowest BCUT2D eigenvalue weighted by Gasteiger charge is -2.11.